The molecular weight excluding hydrogens is 655 g/mol. The highest BCUT2D eigenvalue weighted by molar-refractivity contribution is 7.14. The predicted molar refractivity (Wildman–Crippen MR) is 196 cm³/mol. The van der Waals surface area contributed by atoms with Gasteiger partial charge in [-0.2, -0.15) is 0 Å². The maximum Gasteiger partial charge on any atom is 0.411 e. The number of Topliss-reactive ketones (excluding diaryl/α,β-unsaturated/α-hetero) is 1. The molecule has 3 heterocycles. The summed E-state index contributed by atoms with van der Waals surface area (Å²) >= 11 is 1.42. The summed E-state index contributed by atoms with van der Waals surface area (Å²) in [5.74, 6) is -0.0277. The molecule has 1 aliphatic rings. The van der Waals surface area contributed by atoms with Crippen molar-refractivity contribution < 1.29 is 24.5 Å². The van der Waals surface area contributed by atoms with Gasteiger partial charge in [0.2, 0.25) is 5.56 Å². The molecule has 0 bridgehead atoms. The van der Waals surface area contributed by atoms with Gasteiger partial charge in [0.05, 0.1) is 28.7 Å². The molecule has 260 valence electrons. The van der Waals surface area contributed by atoms with Crippen LogP contribution in [0.3, 0.4) is 0 Å². The summed E-state index contributed by atoms with van der Waals surface area (Å²) in [5.41, 5.74) is 3.24. The van der Waals surface area contributed by atoms with Crippen LogP contribution in [-0.4, -0.2) is 77.3 Å². The number of carbonyl (C=O) groups excluding carboxylic acids is 2. The third-order valence-electron chi connectivity index (χ3n) is 8.79. The second-order valence-corrected chi connectivity index (χ2v) is 13.4. The van der Waals surface area contributed by atoms with Crippen LogP contribution in [0.25, 0.3) is 22.0 Å². The molecule has 6 rings (SSSR count). The number of aliphatic hydroxyl groups excluding tert-OH is 1. The van der Waals surface area contributed by atoms with Gasteiger partial charge in [-0.05, 0) is 54.3 Å². The van der Waals surface area contributed by atoms with Crippen molar-refractivity contribution in [2.75, 3.05) is 44.6 Å². The molecule has 0 radical (unpaired) electrons. The third kappa shape index (κ3) is 9.03. The minimum atomic E-state index is -0.861. The Balaban J connectivity index is 0.867. The van der Waals surface area contributed by atoms with Crippen molar-refractivity contribution in [2.24, 2.45) is 0 Å². The van der Waals surface area contributed by atoms with Gasteiger partial charge in [0.15, 0.2) is 5.78 Å². The number of hydrogen-bond acceptors (Lipinski definition) is 10. The van der Waals surface area contributed by atoms with Crippen molar-refractivity contribution in [3.05, 3.63) is 117 Å². The fourth-order valence-electron chi connectivity index (χ4n) is 6.14. The fraction of sp³-hybridized carbons (Fsp3) is 0.289. The third-order valence-corrected chi connectivity index (χ3v) is 9.91. The summed E-state index contributed by atoms with van der Waals surface area (Å²) in [6, 6.07) is 27.4. The largest absolute Gasteiger partial charge is 0.506 e. The fourth-order valence-corrected chi connectivity index (χ4v) is 7.06. The second kappa shape index (κ2) is 16.7. The van der Waals surface area contributed by atoms with E-state index in [0.29, 0.717) is 40.1 Å². The summed E-state index contributed by atoms with van der Waals surface area (Å²) < 4.78 is 5.75. The number of ether oxygens (including phenoxy) is 1. The van der Waals surface area contributed by atoms with Crippen LogP contribution in [0.15, 0.2) is 95.8 Å². The van der Waals surface area contributed by atoms with Gasteiger partial charge in [-0.25, -0.2) is 4.79 Å². The molecule has 12 heteroatoms. The molecule has 1 amide bonds. The molecule has 1 atom stereocenters. The van der Waals surface area contributed by atoms with Crippen molar-refractivity contribution in [3.63, 3.8) is 0 Å². The first-order valence-corrected chi connectivity index (χ1v) is 17.6. The minimum Gasteiger partial charge on any atom is -0.506 e. The first-order valence-electron chi connectivity index (χ1n) is 16.7. The van der Waals surface area contributed by atoms with Crippen LogP contribution < -0.4 is 21.5 Å². The number of fused-ring (bicyclic) bond motifs is 1. The number of aromatic amines is 1. The molecule has 3 aromatic carbocycles. The topological polar surface area (TPSA) is 156 Å². The van der Waals surface area contributed by atoms with Gasteiger partial charge >= 0.3 is 6.09 Å². The van der Waals surface area contributed by atoms with Gasteiger partial charge in [0, 0.05) is 61.2 Å². The van der Waals surface area contributed by atoms with Crippen LogP contribution in [-0.2, 0) is 11.3 Å². The summed E-state index contributed by atoms with van der Waals surface area (Å²) in [5, 5.41) is 30.9. The maximum absolute atomic E-state index is 12.8. The number of H-pyrrole nitrogens is 1. The average molecular weight is 696 g/mol. The number of aromatic hydroxyl groups is 1. The van der Waals surface area contributed by atoms with Gasteiger partial charge in [-0.15, -0.1) is 11.3 Å². The first-order chi connectivity index (χ1) is 24.3. The number of pyridine rings is 1. The lowest BCUT2D eigenvalue weighted by molar-refractivity contribution is 0.0593. The van der Waals surface area contributed by atoms with Crippen LogP contribution in [0.2, 0.25) is 0 Å². The normalized spacial score (nSPS) is 14.4. The number of thiophene rings is 1. The Kier molecular flexibility index (Phi) is 11.7. The zero-order chi connectivity index (χ0) is 34.9. The molecule has 1 fully saturated rings. The number of aromatic nitrogens is 1. The Morgan fingerprint density at radius 1 is 0.940 bits per heavy atom. The Morgan fingerprint density at radius 3 is 2.54 bits per heavy atom. The van der Waals surface area contributed by atoms with Gasteiger partial charge in [0.25, 0.3) is 0 Å². The van der Waals surface area contributed by atoms with E-state index in [4.69, 9.17) is 4.74 Å². The molecule has 2 aromatic heterocycles. The Hall–Kier alpha value is -4.85. The number of nitrogens with zero attached hydrogens (tertiary/aromatic N) is 1. The van der Waals surface area contributed by atoms with Crippen LogP contribution in [0.1, 0.15) is 39.1 Å². The highest BCUT2D eigenvalue weighted by Gasteiger charge is 2.23. The lowest BCUT2D eigenvalue weighted by atomic mass is 10.0. The Bertz CT molecular complexity index is 1970. The molecule has 5 aromatic rings. The Morgan fingerprint density at radius 2 is 1.72 bits per heavy atom. The van der Waals surface area contributed by atoms with Crippen LogP contribution in [0.4, 0.5) is 10.5 Å². The van der Waals surface area contributed by atoms with Crippen molar-refractivity contribution in [1.29, 1.82) is 0 Å². The number of nitrogens with one attached hydrogen (secondary N) is 4. The molecule has 0 spiro atoms. The number of benzene rings is 3. The van der Waals surface area contributed by atoms with E-state index in [1.54, 1.807) is 12.1 Å². The number of aliphatic hydroxyl groups is 1. The minimum absolute atomic E-state index is 0.0257. The molecule has 0 aliphatic carbocycles. The first kappa shape index (κ1) is 35.0. The van der Waals surface area contributed by atoms with E-state index in [-0.39, 0.29) is 36.3 Å². The summed E-state index contributed by atoms with van der Waals surface area (Å²) in [6.45, 7) is 4.07. The number of ketones is 1. The van der Waals surface area contributed by atoms with Crippen molar-refractivity contribution in [1.82, 2.24) is 20.5 Å². The van der Waals surface area contributed by atoms with E-state index in [2.05, 4.69) is 25.8 Å². The molecule has 1 aliphatic heterocycles. The zero-order valence-electron chi connectivity index (χ0n) is 27.6. The van der Waals surface area contributed by atoms with E-state index in [0.717, 1.165) is 48.5 Å². The monoisotopic (exact) mass is 695 g/mol. The lowest BCUT2D eigenvalue weighted by Crippen LogP contribution is -2.41. The standard InChI is InChI=1S/C38H41N5O6S/c44-32-13-11-29(30-12-15-36(47)42-37(30)32)33(45)23-40-22-27-10-14-35(50-27)34(46)24-39-18-21-43-19-16-26(17-20-43)49-38(48)41-31-9-5-4-8-28(31)25-6-2-1-3-7-25/h1-15,26,33,39-40,44-45H,16-24H2,(H,41,48)(H,42,47)/t33-/m0/s1. The van der Waals surface area contributed by atoms with Crippen LogP contribution in [0, 0.1) is 0 Å². The smallest absolute Gasteiger partial charge is 0.411 e. The lowest BCUT2D eigenvalue weighted by Gasteiger charge is -2.31. The molecule has 1 saturated heterocycles. The van der Waals surface area contributed by atoms with Crippen LogP contribution >= 0.6 is 11.3 Å². The quantitative estimate of drug-likeness (QED) is 0.0673. The van der Waals surface area contributed by atoms with Gasteiger partial charge in [0.1, 0.15) is 11.9 Å². The second-order valence-electron chi connectivity index (χ2n) is 12.3. The molecule has 6 N–H and O–H groups in total. The van der Waals surface area contributed by atoms with E-state index in [9.17, 15) is 24.6 Å². The number of carbonyl (C=O) groups is 2. The van der Waals surface area contributed by atoms with Crippen molar-refractivity contribution in [3.8, 4) is 16.9 Å². The maximum atomic E-state index is 12.8. The van der Waals surface area contributed by atoms with Gasteiger partial charge < -0.3 is 35.5 Å². The number of hydrogen-bond donors (Lipinski definition) is 6. The number of anilines is 1. The molecule has 0 unspecified atom stereocenters. The average Bonchev–Trinajstić information content (AvgIpc) is 3.61. The van der Waals surface area contributed by atoms with E-state index in [1.165, 1.54) is 23.5 Å². The molecule has 50 heavy (non-hydrogen) atoms. The SMILES string of the molecule is O=C(Nc1ccccc1-c1ccccc1)OC1CCN(CCNCC(=O)c2ccc(CNC[C@H](O)c3ccc(O)c4[nH]c(=O)ccc34)s2)CC1. The number of rotatable bonds is 14. The highest BCUT2D eigenvalue weighted by atomic mass is 32.1. The van der Waals surface area contributed by atoms with Gasteiger partial charge in [-0.3, -0.25) is 14.9 Å². The summed E-state index contributed by atoms with van der Waals surface area (Å²) in [4.78, 5) is 43.7. The molecule has 11 nitrogen and oxygen atoms in total. The number of para-hydroxylation sites is 1. The highest BCUT2D eigenvalue weighted by Crippen LogP contribution is 2.29. The molecular formula is C38H41N5O6S. The number of amides is 1. The van der Waals surface area contributed by atoms with E-state index in [1.807, 2.05) is 66.7 Å². The number of piperidine rings is 1. The number of phenols is 1. The van der Waals surface area contributed by atoms with Gasteiger partial charge in [-0.1, -0.05) is 54.6 Å². The molecule has 0 saturated carbocycles. The summed E-state index contributed by atoms with van der Waals surface area (Å²) in [6.07, 6.45) is 0.0550. The van der Waals surface area contributed by atoms with E-state index >= 15 is 0 Å². The number of phenolic OH excluding ortho intramolecular Hbond substituents is 1. The predicted octanol–water partition coefficient (Wildman–Crippen LogP) is 5.27. The van der Waals surface area contributed by atoms with Crippen molar-refractivity contribution >= 4 is 39.8 Å². The van der Waals surface area contributed by atoms with E-state index < -0.39 is 12.2 Å². The Labute approximate surface area is 293 Å². The van der Waals surface area contributed by atoms with Crippen molar-refractivity contribution in [2.45, 2.75) is 31.6 Å². The number of likely N-dealkylation sites (tertiary alicyclic amines) is 1. The summed E-state index contributed by atoms with van der Waals surface area (Å²) in [7, 11) is 0. The van der Waals surface area contributed by atoms with Crippen LogP contribution in [0.5, 0.6) is 5.75 Å². The zero-order valence-corrected chi connectivity index (χ0v) is 28.4.